The van der Waals surface area contributed by atoms with Crippen LogP contribution in [-0.4, -0.2) is 37.2 Å². The van der Waals surface area contributed by atoms with Crippen LogP contribution in [0.5, 0.6) is 5.75 Å². The smallest absolute Gasteiger partial charge is 0.319 e. The van der Waals surface area contributed by atoms with E-state index in [1.165, 1.54) is 19.2 Å². The van der Waals surface area contributed by atoms with Crippen molar-refractivity contribution in [1.29, 1.82) is 0 Å². The summed E-state index contributed by atoms with van der Waals surface area (Å²) < 4.78 is 24.1. The Morgan fingerprint density at radius 2 is 2.30 bits per heavy atom. The van der Waals surface area contributed by atoms with Crippen molar-refractivity contribution in [3.05, 3.63) is 29.6 Å². The summed E-state index contributed by atoms with van der Waals surface area (Å²) in [6, 6.07) is 4.44. The third-order valence-electron chi connectivity index (χ3n) is 3.52. The summed E-state index contributed by atoms with van der Waals surface area (Å²) in [6.45, 7) is -0.0354. The average molecular weight is 282 g/mol. The van der Waals surface area contributed by atoms with Crippen molar-refractivity contribution in [2.24, 2.45) is 5.41 Å². The van der Waals surface area contributed by atoms with E-state index in [0.29, 0.717) is 0 Å². The first-order valence-electron chi connectivity index (χ1n) is 6.17. The first-order chi connectivity index (χ1) is 9.51. The summed E-state index contributed by atoms with van der Waals surface area (Å²) in [5, 5.41) is 9.38. The van der Waals surface area contributed by atoms with Gasteiger partial charge in [-0.15, -0.1) is 0 Å². The molecule has 20 heavy (non-hydrogen) atoms. The van der Waals surface area contributed by atoms with Crippen LogP contribution in [0.4, 0.5) is 4.39 Å². The fraction of sp³-hybridized carbons (Fsp3) is 0.429. The van der Waals surface area contributed by atoms with Gasteiger partial charge in [0, 0.05) is 12.8 Å². The lowest BCUT2D eigenvalue weighted by Crippen LogP contribution is -2.48. The summed E-state index contributed by atoms with van der Waals surface area (Å²) in [5.74, 6) is -2.34. The molecule has 1 aliphatic heterocycles. The normalized spacial score (nSPS) is 22.6. The highest BCUT2D eigenvalue weighted by atomic mass is 19.1. The van der Waals surface area contributed by atoms with Crippen molar-refractivity contribution in [2.75, 3.05) is 20.3 Å². The van der Waals surface area contributed by atoms with Gasteiger partial charge in [0.2, 0.25) is 0 Å². The Kier molecular flexibility index (Phi) is 4.04. The molecule has 1 heterocycles. The molecule has 1 atom stereocenters. The van der Waals surface area contributed by atoms with Gasteiger partial charge in [0.1, 0.15) is 0 Å². The molecule has 1 aromatic rings. The molecule has 0 spiro atoms. The van der Waals surface area contributed by atoms with Crippen molar-refractivity contribution in [2.45, 2.75) is 12.8 Å². The molecule has 0 aliphatic carbocycles. The van der Waals surface area contributed by atoms with Gasteiger partial charge in [0.25, 0.3) is 0 Å². The maximum atomic E-state index is 14.1. The zero-order valence-electron chi connectivity index (χ0n) is 11.0. The minimum absolute atomic E-state index is 0.0206. The number of halogens is 1. The molecule has 5 nitrogen and oxygen atoms in total. The standard InChI is InChI=1S/C14H15FO5/c1-19-10-4-2-3-9(12(10)15)7-14(13(17)18)8-20-6-5-11(14)16/h2-4H,5-8H2,1H3,(H,17,18). The van der Waals surface area contributed by atoms with Crippen LogP contribution in [0.3, 0.4) is 0 Å². The molecule has 1 aromatic carbocycles. The van der Waals surface area contributed by atoms with E-state index < -0.39 is 23.0 Å². The molecule has 1 saturated heterocycles. The number of carbonyl (C=O) groups is 2. The van der Waals surface area contributed by atoms with E-state index in [-0.39, 0.29) is 37.4 Å². The molecule has 0 saturated carbocycles. The highest BCUT2D eigenvalue weighted by molar-refractivity contribution is 6.04. The van der Waals surface area contributed by atoms with E-state index in [0.717, 1.165) is 0 Å². The Morgan fingerprint density at radius 3 is 2.90 bits per heavy atom. The highest BCUT2D eigenvalue weighted by Gasteiger charge is 2.48. The topological polar surface area (TPSA) is 72.8 Å². The van der Waals surface area contributed by atoms with Gasteiger partial charge in [-0.3, -0.25) is 9.59 Å². The summed E-state index contributed by atoms with van der Waals surface area (Å²) in [5.41, 5.74) is -1.59. The van der Waals surface area contributed by atoms with E-state index in [9.17, 15) is 19.1 Å². The minimum atomic E-state index is -1.72. The van der Waals surface area contributed by atoms with Gasteiger partial charge in [0.15, 0.2) is 22.8 Å². The second-order valence-electron chi connectivity index (χ2n) is 4.72. The lowest BCUT2D eigenvalue weighted by atomic mass is 9.76. The van der Waals surface area contributed by atoms with Gasteiger partial charge < -0.3 is 14.6 Å². The first kappa shape index (κ1) is 14.5. The molecule has 0 radical (unpaired) electrons. The van der Waals surface area contributed by atoms with Crippen LogP contribution in [0.25, 0.3) is 0 Å². The van der Waals surface area contributed by atoms with E-state index in [4.69, 9.17) is 9.47 Å². The SMILES string of the molecule is COc1cccc(CC2(C(=O)O)COCCC2=O)c1F. The fourth-order valence-electron chi connectivity index (χ4n) is 2.31. The third-order valence-corrected chi connectivity index (χ3v) is 3.52. The van der Waals surface area contributed by atoms with Gasteiger partial charge >= 0.3 is 5.97 Å². The minimum Gasteiger partial charge on any atom is -0.494 e. The molecule has 1 fully saturated rings. The number of carboxylic acids is 1. The van der Waals surface area contributed by atoms with Gasteiger partial charge in [0.05, 0.1) is 20.3 Å². The summed E-state index contributed by atoms with van der Waals surface area (Å²) in [4.78, 5) is 23.5. The zero-order chi connectivity index (χ0) is 14.8. The summed E-state index contributed by atoms with van der Waals surface area (Å²) in [6.07, 6.45) is -0.220. The van der Waals surface area contributed by atoms with Crippen LogP contribution in [0.15, 0.2) is 18.2 Å². The Bertz CT molecular complexity index is 542. The number of ketones is 1. The van der Waals surface area contributed by atoms with Crippen LogP contribution in [0.1, 0.15) is 12.0 Å². The number of rotatable bonds is 4. The van der Waals surface area contributed by atoms with Crippen molar-refractivity contribution in [3.8, 4) is 5.75 Å². The van der Waals surface area contributed by atoms with E-state index >= 15 is 0 Å². The molecular formula is C14H15FO5. The Labute approximate surface area is 115 Å². The third kappa shape index (κ3) is 2.38. The predicted molar refractivity (Wildman–Crippen MR) is 67.2 cm³/mol. The first-order valence-corrected chi connectivity index (χ1v) is 6.17. The molecule has 1 unspecified atom stereocenters. The van der Waals surface area contributed by atoms with Crippen LogP contribution in [0.2, 0.25) is 0 Å². The number of hydrogen-bond donors (Lipinski definition) is 1. The van der Waals surface area contributed by atoms with Crippen LogP contribution < -0.4 is 4.74 Å². The quantitative estimate of drug-likeness (QED) is 0.846. The zero-order valence-corrected chi connectivity index (χ0v) is 11.0. The number of hydrogen-bond acceptors (Lipinski definition) is 4. The number of ether oxygens (including phenoxy) is 2. The second-order valence-corrected chi connectivity index (χ2v) is 4.72. The molecular weight excluding hydrogens is 267 g/mol. The summed E-state index contributed by atoms with van der Waals surface area (Å²) in [7, 11) is 1.32. The highest BCUT2D eigenvalue weighted by Crippen LogP contribution is 2.32. The molecule has 0 amide bonds. The van der Waals surface area contributed by atoms with Gasteiger partial charge in [-0.25, -0.2) is 4.39 Å². The van der Waals surface area contributed by atoms with Crippen LogP contribution in [-0.2, 0) is 20.7 Å². The van der Waals surface area contributed by atoms with Gasteiger partial charge in [-0.05, 0) is 11.6 Å². The van der Waals surface area contributed by atoms with Crippen molar-refractivity contribution in [1.82, 2.24) is 0 Å². The van der Waals surface area contributed by atoms with Crippen LogP contribution >= 0.6 is 0 Å². The van der Waals surface area contributed by atoms with E-state index in [1.807, 2.05) is 0 Å². The fourth-order valence-corrected chi connectivity index (χ4v) is 2.31. The molecule has 108 valence electrons. The van der Waals surface area contributed by atoms with Crippen LogP contribution in [0, 0.1) is 11.2 Å². The summed E-state index contributed by atoms with van der Waals surface area (Å²) >= 11 is 0. The molecule has 0 bridgehead atoms. The maximum Gasteiger partial charge on any atom is 0.319 e. The molecule has 1 N–H and O–H groups in total. The Hall–Kier alpha value is -1.95. The number of methoxy groups -OCH3 is 1. The predicted octanol–water partition coefficient (Wildman–Crippen LogP) is 1.44. The Morgan fingerprint density at radius 1 is 1.55 bits per heavy atom. The number of benzene rings is 1. The lowest BCUT2D eigenvalue weighted by Gasteiger charge is -2.31. The largest absolute Gasteiger partial charge is 0.494 e. The number of carboxylic acid groups (broad SMARTS) is 1. The van der Waals surface area contributed by atoms with Crippen molar-refractivity contribution < 1.29 is 28.6 Å². The second kappa shape index (κ2) is 5.58. The molecule has 2 rings (SSSR count). The maximum absolute atomic E-state index is 14.1. The van der Waals surface area contributed by atoms with Gasteiger partial charge in [-0.2, -0.15) is 0 Å². The Balaban J connectivity index is 2.39. The van der Waals surface area contributed by atoms with E-state index in [1.54, 1.807) is 6.07 Å². The van der Waals surface area contributed by atoms with Crippen molar-refractivity contribution in [3.63, 3.8) is 0 Å². The monoisotopic (exact) mass is 282 g/mol. The average Bonchev–Trinajstić information content (AvgIpc) is 2.43. The number of Topliss-reactive ketones (excluding diaryl/α,β-unsaturated/α-hetero) is 1. The number of aliphatic carboxylic acids is 1. The lowest BCUT2D eigenvalue weighted by molar-refractivity contribution is -0.164. The molecule has 6 heteroatoms. The molecule has 1 aliphatic rings. The van der Waals surface area contributed by atoms with Crippen molar-refractivity contribution >= 4 is 11.8 Å². The van der Waals surface area contributed by atoms with E-state index in [2.05, 4.69) is 0 Å². The number of carbonyl (C=O) groups excluding carboxylic acids is 1. The van der Waals surface area contributed by atoms with Gasteiger partial charge in [-0.1, -0.05) is 12.1 Å². The molecule has 0 aromatic heterocycles.